The quantitative estimate of drug-likeness (QED) is 0.246. The summed E-state index contributed by atoms with van der Waals surface area (Å²) in [5.41, 5.74) is 9.20. The maximum atomic E-state index is 2.55. The Morgan fingerprint density at radius 1 is 0.811 bits per heavy atom. The number of allylic oxidation sites excluding steroid dienone is 1. The van der Waals surface area contributed by atoms with Crippen molar-refractivity contribution in [1.29, 1.82) is 0 Å². The molecular weight excluding hydrogens is 448 g/mol. The van der Waals surface area contributed by atoms with Gasteiger partial charge >= 0.3 is 0 Å². The molecule has 0 radical (unpaired) electrons. The van der Waals surface area contributed by atoms with E-state index in [1.807, 2.05) is 13.8 Å². The molecule has 4 aromatic carbocycles. The Labute approximate surface area is 223 Å². The van der Waals surface area contributed by atoms with Crippen LogP contribution in [0.4, 0.5) is 11.4 Å². The molecule has 2 heteroatoms. The van der Waals surface area contributed by atoms with Crippen LogP contribution in [-0.2, 0) is 11.8 Å². The van der Waals surface area contributed by atoms with Gasteiger partial charge in [-0.05, 0) is 72.5 Å². The van der Waals surface area contributed by atoms with Crippen LogP contribution in [0.25, 0.3) is 16.8 Å². The van der Waals surface area contributed by atoms with E-state index in [-0.39, 0.29) is 5.41 Å². The van der Waals surface area contributed by atoms with Gasteiger partial charge in [-0.1, -0.05) is 74.5 Å². The third-order valence-electron chi connectivity index (χ3n) is 7.41. The van der Waals surface area contributed by atoms with Crippen molar-refractivity contribution in [3.8, 4) is 0 Å². The molecule has 5 rings (SSSR count). The van der Waals surface area contributed by atoms with Crippen molar-refractivity contribution >= 4 is 33.9 Å². The fourth-order valence-electron chi connectivity index (χ4n) is 5.46. The lowest BCUT2D eigenvalue weighted by Crippen LogP contribution is -2.28. The molecule has 0 atom stereocenters. The number of nitrogens with zero attached hydrogens (tertiary/aromatic N) is 2. The van der Waals surface area contributed by atoms with E-state index in [9.17, 15) is 0 Å². The average molecular weight is 490 g/mol. The molecule has 1 heterocycles. The van der Waals surface area contributed by atoms with E-state index in [1.165, 1.54) is 50.1 Å². The number of hydrogen-bond donors (Lipinski definition) is 0. The van der Waals surface area contributed by atoms with Gasteiger partial charge in [-0.2, -0.15) is 4.58 Å². The van der Waals surface area contributed by atoms with E-state index >= 15 is 0 Å². The summed E-state index contributed by atoms with van der Waals surface area (Å²) in [6.45, 7) is 11.9. The molecule has 37 heavy (non-hydrogen) atoms. The molecule has 190 valence electrons. The smallest absolute Gasteiger partial charge is 0.210 e. The molecule has 0 saturated heterocycles. The second-order valence-electron chi connectivity index (χ2n) is 10.3. The highest BCUT2D eigenvalue weighted by atomic mass is 15.1. The molecular formula is C35H41N2+. The Hall–Kier alpha value is -3.65. The van der Waals surface area contributed by atoms with Gasteiger partial charge in [0.15, 0.2) is 12.3 Å². The minimum Gasteiger partial charge on any atom is -0.378 e. The number of rotatable bonds is 6. The Kier molecular flexibility index (Phi) is 7.97. The molecule has 0 amide bonds. The monoisotopic (exact) mass is 489 g/mol. The molecule has 0 aliphatic carbocycles. The maximum Gasteiger partial charge on any atom is 0.210 e. The van der Waals surface area contributed by atoms with E-state index in [2.05, 4.69) is 141 Å². The Balaban J connectivity index is 0.00000156. The zero-order chi connectivity index (χ0) is 26.6. The third-order valence-corrected chi connectivity index (χ3v) is 7.41. The largest absolute Gasteiger partial charge is 0.378 e. The normalized spacial score (nSPS) is 14.0. The Bertz CT molecular complexity index is 1440. The van der Waals surface area contributed by atoms with Crippen molar-refractivity contribution in [1.82, 2.24) is 0 Å². The Morgan fingerprint density at radius 3 is 2.22 bits per heavy atom. The molecule has 1 aliphatic rings. The SMILES string of the molecule is CC.Cc1cc(N(C)C)ccc1C=CC1=[N+](CCc2ccccc2)c2ccc3ccccc3c2C1(C)C. The molecule has 1 aliphatic heterocycles. The van der Waals surface area contributed by atoms with Crippen LogP contribution in [0.5, 0.6) is 0 Å². The summed E-state index contributed by atoms with van der Waals surface area (Å²) >= 11 is 0. The van der Waals surface area contributed by atoms with Gasteiger partial charge in [-0.25, -0.2) is 0 Å². The minimum atomic E-state index is -0.0964. The summed E-state index contributed by atoms with van der Waals surface area (Å²) in [6, 6.07) is 30.9. The van der Waals surface area contributed by atoms with Crippen LogP contribution in [0.15, 0.2) is 91.0 Å². The fourth-order valence-corrected chi connectivity index (χ4v) is 5.46. The Morgan fingerprint density at radius 2 is 1.51 bits per heavy atom. The van der Waals surface area contributed by atoms with Crippen LogP contribution in [0.3, 0.4) is 0 Å². The third kappa shape index (κ3) is 5.25. The van der Waals surface area contributed by atoms with Gasteiger partial charge in [-0.15, -0.1) is 0 Å². The van der Waals surface area contributed by atoms with Crippen molar-refractivity contribution in [2.24, 2.45) is 0 Å². The molecule has 0 unspecified atom stereocenters. The van der Waals surface area contributed by atoms with Gasteiger partial charge in [0, 0.05) is 43.9 Å². The summed E-state index contributed by atoms with van der Waals surface area (Å²) in [5.74, 6) is 0. The highest BCUT2D eigenvalue weighted by Gasteiger charge is 2.45. The van der Waals surface area contributed by atoms with Gasteiger partial charge < -0.3 is 4.90 Å². The van der Waals surface area contributed by atoms with Crippen molar-refractivity contribution in [2.75, 3.05) is 25.5 Å². The van der Waals surface area contributed by atoms with Gasteiger partial charge in [0.05, 0.1) is 5.41 Å². The standard InChI is InChI=1S/C33H35N2.C2H6/c1-24-23-28(34(4)5)18-15-26(24)17-20-31-33(2,3)32-29-14-10-9-13-27(29)16-19-30(32)35(31)22-21-25-11-7-6-8-12-25;1-2/h6-20,23H,21-22H2,1-5H3;1-2H3/q+1;. The van der Waals surface area contributed by atoms with Crippen molar-refractivity contribution in [3.63, 3.8) is 0 Å². The first-order valence-electron chi connectivity index (χ1n) is 13.5. The van der Waals surface area contributed by atoms with Gasteiger partial charge in [0.25, 0.3) is 0 Å². The van der Waals surface area contributed by atoms with E-state index in [0.29, 0.717) is 0 Å². The van der Waals surface area contributed by atoms with E-state index < -0.39 is 0 Å². The number of hydrogen-bond acceptors (Lipinski definition) is 1. The number of anilines is 1. The van der Waals surface area contributed by atoms with E-state index in [4.69, 9.17) is 0 Å². The second kappa shape index (κ2) is 11.2. The second-order valence-corrected chi connectivity index (χ2v) is 10.3. The summed E-state index contributed by atoms with van der Waals surface area (Å²) < 4.78 is 2.55. The molecule has 2 nitrogen and oxygen atoms in total. The molecule has 0 N–H and O–H groups in total. The summed E-state index contributed by atoms with van der Waals surface area (Å²) in [4.78, 5) is 2.16. The number of benzene rings is 4. The van der Waals surface area contributed by atoms with Crippen molar-refractivity contribution in [2.45, 2.75) is 46.5 Å². The highest BCUT2D eigenvalue weighted by Crippen LogP contribution is 2.44. The fraction of sp³-hybridized carbons (Fsp3) is 0.286. The predicted octanol–water partition coefficient (Wildman–Crippen LogP) is 8.57. The minimum absolute atomic E-state index is 0.0964. The molecule has 0 spiro atoms. The van der Waals surface area contributed by atoms with Crippen LogP contribution < -0.4 is 4.90 Å². The zero-order valence-electron chi connectivity index (χ0n) is 23.5. The van der Waals surface area contributed by atoms with Crippen LogP contribution in [0.2, 0.25) is 0 Å². The lowest BCUT2D eigenvalue weighted by atomic mass is 9.79. The lowest BCUT2D eigenvalue weighted by molar-refractivity contribution is -0.436. The molecule has 0 bridgehead atoms. The first-order chi connectivity index (χ1) is 17.9. The first-order valence-corrected chi connectivity index (χ1v) is 13.5. The number of fused-ring (bicyclic) bond motifs is 3. The summed E-state index contributed by atoms with van der Waals surface area (Å²) in [6.07, 6.45) is 5.67. The first kappa shape index (κ1) is 26.4. The van der Waals surface area contributed by atoms with Gasteiger partial charge in [-0.3, -0.25) is 0 Å². The molecule has 4 aromatic rings. The van der Waals surface area contributed by atoms with Crippen molar-refractivity contribution in [3.05, 3.63) is 113 Å². The number of aryl methyl sites for hydroxylation is 1. The maximum absolute atomic E-state index is 2.55. The van der Waals surface area contributed by atoms with Crippen molar-refractivity contribution < 1.29 is 4.58 Å². The van der Waals surface area contributed by atoms with Gasteiger partial charge in [0.2, 0.25) is 5.69 Å². The molecule has 0 saturated carbocycles. The topological polar surface area (TPSA) is 6.25 Å². The van der Waals surface area contributed by atoms with Crippen LogP contribution >= 0.6 is 0 Å². The molecule has 0 aromatic heterocycles. The van der Waals surface area contributed by atoms with Crippen LogP contribution in [0.1, 0.15) is 49.9 Å². The lowest BCUT2D eigenvalue weighted by Gasteiger charge is -2.18. The van der Waals surface area contributed by atoms with Gasteiger partial charge in [0.1, 0.15) is 0 Å². The van der Waals surface area contributed by atoms with Crippen LogP contribution in [-0.4, -0.2) is 30.9 Å². The summed E-state index contributed by atoms with van der Waals surface area (Å²) in [7, 11) is 4.18. The summed E-state index contributed by atoms with van der Waals surface area (Å²) in [5, 5.41) is 2.66. The zero-order valence-corrected chi connectivity index (χ0v) is 23.5. The van der Waals surface area contributed by atoms with E-state index in [1.54, 1.807) is 0 Å². The molecule has 0 fully saturated rings. The predicted molar refractivity (Wildman–Crippen MR) is 163 cm³/mol. The highest BCUT2D eigenvalue weighted by molar-refractivity contribution is 6.09. The van der Waals surface area contributed by atoms with Crippen LogP contribution in [0, 0.1) is 6.92 Å². The average Bonchev–Trinajstić information content (AvgIpc) is 3.14. The van der Waals surface area contributed by atoms with E-state index in [0.717, 1.165) is 13.0 Å².